The van der Waals surface area contributed by atoms with Gasteiger partial charge in [0.25, 0.3) is 0 Å². The van der Waals surface area contributed by atoms with E-state index < -0.39 is 0 Å². The number of benzene rings is 7. The molecular weight excluding hydrogens is 585 g/mol. The van der Waals surface area contributed by atoms with Crippen molar-refractivity contribution in [3.8, 4) is 33.6 Å². The summed E-state index contributed by atoms with van der Waals surface area (Å²) in [5.41, 5.74) is 11.2. The number of hydrogen-bond acceptors (Lipinski definition) is 0. The SMILES string of the molecule is [C-]#[N+]c1ccc2c3ccccc3n(-c3cccc(-c4cc(-c5ccccc5)c([N+]#[C-])c(-n5c6ccccc6c6ccccc65)c4)c3)c2c1. The predicted molar refractivity (Wildman–Crippen MR) is 199 cm³/mol. The van der Waals surface area contributed by atoms with E-state index in [-0.39, 0.29) is 0 Å². The third-order valence-electron chi connectivity index (χ3n) is 9.33. The van der Waals surface area contributed by atoms with Crippen molar-refractivity contribution in [1.29, 1.82) is 0 Å². The Balaban J connectivity index is 1.34. The summed E-state index contributed by atoms with van der Waals surface area (Å²) in [6, 6.07) is 54.3. The van der Waals surface area contributed by atoms with Crippen LogP contribution < -0.4 is 0 Å². The summed E-state index contributed by atoms with van der Waals surface area (Å²) < 4.78 is 4.50. The molecule has 0 atom stereocenters. The van der Waals surface area contributed by atoms with Crippen LogP contribution in [-0.4, -0.2) is 9.13 Å². The van der Waals surface area contributed by atoms with Crippen LogP contribution in [0.1, 0.15) is 0 Å². The summed E-state index contributed by atoms with van der Waals surface area (Å²) >= 11 is 0. The van der Waals surface area contributed by atoms with Crippen molar-refractivity contribution < 1.29 is 0 Å². The van der Waals surface area contributed by atoms with E-state index in [4.69, 9.17) is 13.1 Å². The smallest absolute Gasteiger partial charge is 0.218 e. The molecule has 0 fully saturated rings. The number of rotatable bonds is 4. The van der Waals surface area contributed by atoms with Crippen LogP contribution in [0.2, 0.25) is 0 Å². The number of hydrogen-bond donors (Lipinski definition) is 0. The highest BCUT2D eigenvalue weighted by molar-refractivity contribution is 6.11. The molecule has 0 N–H and O–H groups in total. The zero-order valence-electron chi connectivity index (χ0n) is 25.8. The molecule has 0 radical (unpaired) electrons. The van der Waals surface area contributed by atoms with Crippen molar-refractivity contribution in [2.24, 2.45) is 0 Å². The van der Waals surface area contributed by atoms with Gasteiger partial charge in [0.2, 0.25) is 5.69 Å². The van der Waals surface area contributed by atoms with Crippen molar-refractivity contribution in [3.05, 3.63) is 181 Å². The third-order valence-corrected chi connectivity index (χ3v) is 9.33. The van der Waals surface area contributed by atoms with Gasteiger partial charge in [0.1, 0.15) is 0 Å². The molecule has 48 heavy (non-hydrogen) atoms. The third kappa shape index (κ3) is 4.14. The number of para-hydroxylation sites is 3. The highest BCUT2D eigenvalue weighted by Crippen LogP contribution is 2.44. The Morgan fingerprint density at radius 3 is 1.62 bits per heavy atom. The van der Waals surface area contributed by atoms with Gasteiger partial charge >= 0.3 is 0 Å². The predicted octanol–water partition coefficient (Wildman–Crippen LogP) is 12.3. The fourth-order valence-electron chi connectivity index (χ4n) is 7.22. The van der Waals surface area contributed by atoms with E-state index in [1.807, 2.05) is 30.3 Å². The van der Waals surface area contributed by atoms with E-state index in [0.29, 0.717) is 11.4 Å². The van der Waals surface area contributed by atoms with Gasteiger partial charge in [0.05, 0.1) is 35.4 Å². The fraction of sp³-hybridized carbons (Fsp3) is 0. The Bertz CT molecular complexity index is 2750. The van der Waals surface area contributed by atoms with E-state index in [0.717, 1.165) is 77.2 Å². The van der Waals surface area contributed by atoms with Crippen molar-refractivity contribution in [1.82, 2.24) is 9.13 Å². The van der Waals surface area contributed by atoms with E-state index in [9.17, 15) is 0 Å². The molecular formula is C44H26N4. The topological polar surface area (TPSA) is 18.6 Å². The molecule has 9 rings (SSSR count). The van der Waals surface area contributed by atoms with Crippen molar-refractivity contribution in [2.75, 3.05) is 0 Å². The summed E-state index contributed by atoms with van der Waals surface area (Å²) in [5.74, 6) is 0. The largest absolute Gasteiger partial charge is 0.319 e. The van der Waals surface area contributed by atoms with Gasteiger partial charge in [-0.25, -0.2) is 9.69 Å². The second-order valence-electron chi connectivity index (χ2n) is 12.0. The molecule has 0 amide bonds. The van der Waals surface area contributed by atoms with Gasteiger partial charge in [0.15, 0.2) is 5.69 Å². The van der Waals surface area contributed by atoms with Gasteiger partial charge in [-0.3, -0.25) is 0 Å². The van der Waals surface area contributed by atoms with Crippen LogP contribution in [0.15, 0.2) is 158 Å². The molecule has 0 saturated carbocycles. The maximum Gasteiger partial charge on any atom is 0.218 e. The lowest BCUT2D eigenvalue weighted by molar-refractivity contribution is 1.18. The molecule has 4 nitrogen and oxygen atoms in total. The van der Waals surface area contributed by atoms with Crippen molar-refractivity contribution in [3.63, 3.8) is 0 Å². The monoisotopic (exact) mass is 610 g/mol. The molecule has 0 aliphatic rings. The van der Waals surface area contributed by atoms with Crippen LogP contribution in [-0.2, 0) is 0 Å². The van der Waals surface area contributed by atoms with Gasteiger partial charge < -0.3 is 9.13 Å². The van der Waals surface area contributed by atoms with Crippen LogP contribution >= 0.6 is 0 Å². The van der Waals surface area contributed by atoms with E-state index in [1.54, 1.807) is 0 Å². The first-order chi connectivity index (χ1) is 23.7. The summed E-state index contributed by atoms with van der Waals surface area (Å²) in [7, 11) is 0. The lowest BCUT2D eigenvalue weighted by Gasteiger charge is -2.17. The first-order valence-corrected chi connectivity index (χ1v) is 15.8. The quantitative estimate of drug-likeness (QED) is 0.177. The van der Waals surface area contributed by atoms with E-state index >= 15 is 0 Å². The summed E-state index contributed by atoms with van der Waals surface area (Å²) in [6.07, 6.45) is 0. The molecule has 0 bridgehead atoms. The second-order valence-corrected chi connectivity index (χ2v) is 12.0. The first kappa shape index (κ1) is 27.4. The van der Waals surface area contributed by atoms with Crippen LogP contribution in [0.3, 0.4) is 0 Å². The molecule has 0 unspecified atom stereocenters. The molecule has 0 spiro atoms. The van der Waals surface area contributed by atoms with Crippen LogP contribution in [0.25, 0.3) is 86.9 Å². The lowest BCUT2D eigenvalue weighted by atomic mass is 9.95. The highest BCUT2D eigenvalue weighted by atomic mass is 15.0. The molecule has 2 heterocycles. The summed E-state index contributed by atoms with van der Waals surface area (Å²) in [6.45, 7) is 16.1. The zero-order valence-corrected chi connectivity index (χ0v) is 25.8. The van der Waals surface area contributed by atoms with Gasteiger partial charge in [-0.2, -0.15) is 0 Å². The average molecular weight is 611 g/mol. The van der Waals surface area contributed by atoms with E-state index in [2.05, 4.69) is 146 Å². The Hall–Kier alpha value is -6.88. The Kier molecular flexibility index (Phi) is 6.22. The van der Waals surface area contributed by atoms with Crippen LogP contribution in [0, 0.1) is 13.1 Å². The van der Waals surface area contributed by atoms with Gasteiger partial charge in [-0.05, 0) is 64.7 Å². The minimum absolute atomic E-state index is 0.612. The van der Waals surface area contributed by atoms with Crippen molar-refractivity contribution in [2.45, 2.75) is 0 Å². The van der Waals surface area contributed by atoms with E-state index in [1.165, 1.54) is 0 Å². The average Bonchev–Trinajstić information content (AvgIpc) is 3.67. The highest BCUT2D eigenvalue weighted by Gasteiger charge is 2.20. The standard InChI is InChI=1S/C44H26N4/c1-45-32-23-24-37-36-19-6-9-20-39(36)47(42(37)28-32)33-16-12-15-30(25-33)31-26-38(29-13-4-3-5-14-29)44(46-2)43(27-31)48-40-21-10-7-17-34(40)35-18-8-11-22-41(35)48/h3-28H. The maximum atomic E-state index is 8.47. The maximum absolute atomic E-state index is 8.47. The number of nitrogens with zero attached hydrogens (tertiary/aromatic N) is 4. The van der Waals surface area contributed by atoms with Gasteiger partial charge in [-0.1, -0.05) is 115 Å². The minimum atomic E-state index is 0.612. The van der Waals surface area contributed by atoms with Gasteiger partial charge in [0, 0.05) is 32.7 Å². The molecule has 0 aliphatic heterocycles. The molecule has 0 aliphatic carbocycles. The fourth-order valence-corrected chi connectivity index (χ4v) is 7.22. The molecule has 222 valence electrons. The summed E-state index contributed by atoms with van der Waals surface area (Å²) in [5, 5.41) is 4.58. The molecule has 2 aromatic heterocycles. The second kappa shape index (κ2) is 10.9. The number of fused-ring (bicyclic) bond motifs is 6. The first-order valence-electron chi connectivity index (χ1n) is 15.8. The Morgan fingerprint density at radius 1 is 0.396 bits per heavy atom. The van der Waals surface area contributed by atoms with Crippen molar-refractivity contribution >= 4 is 55.0 Å². The number of aromatic nitrogens is 2. The van der Waals surface area contributed by atoms with Crippen LogP contribution in [0.5, 0.6) is 0 Å². The molecule has 4 heteroatoms. The molecule has 7 aromatic carbocycles. The lowest BCUT2D eigenvalue weighted by Crippen LogP contribution is -1.98. The van der Waals surface area contributed by atoms with Crippen LogP contribution in [0.4, 0.5) is 11.4 Å². The normalized spacial score (nSPS) is 11.3. The Morgan fingerprint density at radius 2 is 0.979 bits per heavy atom. The Labute approximate surface area is 277 Å². The zero-order chi connectivity index (χ0) is 32.2. The van der Waals surface area contributed by atoms with Gasteiger partial charge in [-0.15, -0.1) is 0 Å². The molecule has 9 aromatic rings. The molecule has 0 saturated heterocycles. The summed E-state index contributed by atoms with van der Waals surface area (Å²) in [4.78, 5) is 7.93. The minimum Gasteiger partial charge on any atom is -0.319 e.